The highest BCUT2D eigenvalue weighted by molar-refractivity contribution is 5.85. The van der Waals surface area contributed by atoms with Crippen LogP contribution >= 0.6 is 0 Å². The minimum absolute atomic E-state index is 0.508. The van der Waals surface area contributed by atoms with Crippen molar-refractivity contribution < 1.29 is 9.90 Å². The molecule has 2 rings (SSSR count). The van der Waals surface area contributed by atoms with Crippen molar-refractivity contribution in [1.82, 2.24) is 9.97 Å². The molecule has 1 N–H and O–H groups in total. The van der Waals surface area contributed by atoms with Gasteiger partial charge in [0.2, 0.25) is 5.95 Å². The topological polar surface area (TPSA) is 66.3 Å². The lowest BCUT2D eigenvalue weighted by Gasteiger charge is -2.34. The molecule has 0 radical (unpaired) electrons. The highest BCUT2D eigenvalue weighted by Gasteiger charge is 2.24. The van der Waals surface area contributed by atoms with E-state index in [-0.39, 0.29) is 0 Å². The second-order valence-corrected chi connectivity index (χ2v) is 5.68. The van der Waals surface area contributed by atoms with Crippen LogP contribution in [0.1, 0.15) is 44.6 Å². The van der Waals surface area contributed by atoms with Crippen LogP contribution in [0.15, 0.2) is 18.5 Å². The fourth-order valence-electron chi connectivity index (χ4n) is 2.87. The summed E-state index contributed by atoms with van der Waals surface area (Å²) in [6.07, 6.45) is 12.1. The van der Waals surface area contributed by atoms with Crippen LogP contribution in [0.4, 0.5) is 5.95 Å². The van der Waals surface area contributed by atoms with E-state index in [1.165, 1.54) is 38.2 Å². The summed E-state index contributed by atoms with van der Waals surface area (Å²) in [5.41, 5.74) is 0.698. The van der Waals surface area contributed by atoms with Gasteiger partial charge in [-0.3, -0.25) is 0 Å². The van der Waals surface area contributed by atoms with Crippen LogP contribution in [0.25, 0.3) is 6.08 Å². The molecule has 0 saturated heterocycles. The van der Waals surface area contributed by atoms with E-state index in [2.05, 4.69) is 21.8 Å². The van der Waals surface area contributed by atoms with Gasteiger partial charge in [-0.2, -0.15) is 0 Å². The number of rotatable bonds is 5. The first-order valence-electron chi connectivity index (χ1n) is 7.56. The second kappa shape index (κ2) is 7.20. The van der Waals surface area contributed by atoms with Crippen molar-refractivity contribution in [2.24, 2.45) is 5.92 Å². The van der Waals surface area contributed by atoms with E-state index in [1.54, 1.807) is 12.4 Å². The van der Waals surface area contributed by atoms with Crippen LogP contribution in [0.3, 0.4) is 0 Å². The molecule has 0 bridgehead atoms. The van der Waals surface area contributed by atoms with Gasteiger partial charge in [-0.25, -0.2) is 14.8 Å². The normalized spacial score (nSPS) is 22.4. The van der Waals surface area contributed by atoms with E-state index >= 15 is 0 Å². The molecule has 0 atom stereocenters. The van der Waals surface area contributed by atoms with Crippen molar-refractivity contribution in [3.8, 4) is 0 Å². The Morgan fingerprint density at radius 3 is 2.48 bits per heavy atom. The Labute approximate surface area is 125 Å². The van der Waals surface area contributed by atoms with E-state index in [9.17, 15) is 4.79 Å². The first-order valence-corrected chi connectivity index (χ1v) is 7.56. The van der Waals surface area contributed by atoms with E-state index in [4.69, 9.17) is 5.11 Å². The van der Waals surface area contributed by atoms with Gasteiger partial charge in [0.1, 0.15) is 0 Å². The predicted octanol–water partition coefficient (Wildman–Crippen LogP) is 2.98. The Bertz CT molecular complexity index is 491. The van der Waals surface area contributed by atoms with Crippen molar-refractivity contribution >= 4 is 18.0 Å². The Morgan fingerprint density at radius 2 is 1.95 bits per heavy atom. The highest BCUT2D eigenvalue weighted by atomic mass is 16.4. The summed E-state index contributed by atoms with van der Waals surface area (Å²) in [5.74, 6) is 0.616. The quantitative estimate of drug-likeness (QED) is 0.844. The van der Waals surface area contributed by atoms with Crippen molar-refractivity contribution in [3.63, 3.8) is 0 Å². The minimum atomic E-state index is -0.969. The molecule has 1 aliphatic carbocycles. The van der Waals surface area contributed by atoms with Gasteiger partial charge >= 0.3 is 5.97 Å². The SMILES string of the molecule is CCC1CCC(N(C)c2ncc(/C=C/C(=O)O)cn2)CC1. The molecule has 21 heavy (non-hydrogen) atoms. The average molecular weight is 289 g/mol. The Kier molecular flexibility index (Phi) is 5.31. The largest absolute Gasteiger partial charge is 0.478 e. The van der Waals surface area contributed by atoms with Crippen molar-refractivity contribution in [1.29, 1.82) is 0 Å². The Morgan fingerprint density at radius 1 is 1.33 bits per heavy atom. The maximum atomic E-state index is 10.5. The third-order valence-corrected chi connectivity index (χ3v) is 4.33. The van der Waals surface area contributed by atoms with E-state index in [0.29, 0.717) is 17.6 Å². The van der Waals surface area contributed by atoms with Gasteiger partial charge in [-0.15, -0.1) is 0 Å². The number of aromatic nitrogens is 2. The molecule has 0 spiro atoms. The van der Waals surface area contributed by atoms with Crippen LogP contribution < -0.4 is 4.90 Å². The number of carboxylic acids is 1. The van der Waals surface area contributed by atoms with Crippen LogP contribution in [-0.4, -0.2) is 34.1 Å². The highest BCUT2D eigenvalue weighted by Crippen LogP contribution is 2.30. The van der Waals surface area contributed by atoms with Crippen LogP contribution in [0.5, 0.6) is 0 Å². The van der Waals surface area contributed by atoms with Gasteiger partial charge in [0.15, 0.2) is 0 Å². The van der Waals surface area contributed by atoms with Gasteiger partial charge in [-0.05, 0) is 37.7 Å². The number of carbonyl (C=O) groups is 1. The smallest absolute Gasteiger partial charge is 0.328 e. The van der Waals surface area contributed by atoms with Gasteiger partial charge in [0.25, 0.3) is 0 Å². The van der Waals surface area contributed by atoms with Gasteiger partial charge in [0, 0.05) is 37.1 Å². The monoisotopic (exact) mass is 289 g/mol. The standard InChI is InChI=1S/C16H23N3O2/c1-3-12-4-7-14(8-5-12)19(2)16-17-10-13(11-18-16)6-9-15(20)21/h6,9-12,14H,3-5,7-8H2,1-2H3,(H,20,21)/b9-6+. The molecule has 1 heterocycles. The molecular weight excluding hydrogens is 266 g/mol. The second-order valence-electron chi connectivity index (χ2n) is 5.68. The van der Waals surface area contributed by atoms with Crippen LogP contribution in [0.2, 0.25) is 0 Å². The first kappa shape index (κ1) is 15.5. The molecule has 1 fully saturated rings. The van der Waals surface area contributed by atoms with Crippen LogP contribution in [0, 0.1) is 5.92 Å². The summed E-state index contributed by atoms with van der Waals surface area (Å²) in [4.78, 5) is 21.3. The minimum Gasteiger partial charge on any atom is -0.478 e. The number of carboxylic acid groups (broad SMARTS) is 1. The first-order chi connectivity index (χ1) is 10.1. The molecule has 114 valence electrons. The summed E-state index contributed by atoms with van der Waals surface area (Å²) in [6, 6.07) is 0.508. The fraction of sp³-hybridized carbons (Fsp3) is 0.562. The maximum Gasteiger partial charge on any atom is 0.328 e. The molecule has 1 aliphatic rings. The zero-order chi connectivity index (χ0) is 15.2. The summed E-state index contributed by atoms with van der Waals surface area (Å²) >= 11 is 0. The zero-order valence-electron chi connectivity index (χ0n) is 12.7. The summed E-state index contributed by atoms with van der Waals surface area (Å²) in [5, 5.41) is 8.59. The molecule has 1 aromatic rings. The third kappa shape index (κ3) is 4.28. The van der Waals surface area contributed by atoms with E-state index < -0.39 is 5.97 Å². The number of anilines is 1. The summed E-state index contributed by atoms with van der Waals surface area (Å²) in [7, 11) is 2.04. The lowest BCUT2D eigenvalue weighted by atomic mass is 9.84. The molecule has 0 unspecified atom stereocenters. The zero-order valence-corrected chi connectivity index (χ0v) is 12.7. The van der Waals surface area contributed by atoms with Crippen molar-refractivity contribution in [3.05, 3.63) is 24.0 Å². The van der Waals surface area contributed by atoms with Crippen LogP contribution in [-0.2, 0) is 4.79 Å². The van der Waals surface area contributed by atoms with E-state index in [1.807, 2.05) is 7.05 Å². The van der Waals surface area contributed by atoms with Crippen molar-refractivity contribution in [2.75, 3.05) is 11.9 Å². The lowest BCUT2D eigenvalue weighted by Crippen LogP contribution is -2.36. The number of aliphatic carboxylic acids is 1. The molecule has 5 heteroatoms. The number of hydrogen-bond acceptors (Lipinski definition) is 4. The summed E-state index contributed by atoms with van der Waals surface area (Å²) in [6.45, 7) is 2.27. The molecular formula is C16H23N3O2. The number of nitrogens with zero attached hydrogens (tertiary/aromatic N) is 3. The molecule has 1 aromatic heterocycles. The molecule has 1 saturated carbocycles. The molecule has 0 amide bonds. The fourth-order valence-corrected chi connectivity index (χ4v) is 2.87. The Balaban J connectivity index is 1.97. The maximum absolute atomic E-state index is 10.5. The van der Waals surface area contributed by atoms with Gasteiger partial charge in [0.05, 0.1) is 0 Å². The molecule has 0 aliphatic heterocycles. The summed E-state index contributed by atoms with van der Waals surface area (Å²) < 4.78 is 0. The third-order valence-electron chi connectivity index (χ3n) is 4.33. The molecule has 0 aromatic carbocycles. The molecule has 5 nitrogen and oxygen atoms in total. The van der Waals surface area contributed by atoms with Gasteiger partial charge in [-0.1, -0.05) is 13.3 Å². The Hall–Kier alpha value is -1.91. The lowest BCUT2D eigenvalue weighted by molar-refractivity contribution is -0.131. The average Bonchev–Trinajstić information content (AvgIpc) is 2.53. The van der Waals surface area contributed by atoms with E-state index in [0.717, 1.165) is 12.0 Å². The predicted molar refractivity (Wildman–Crippen MR) is 83.1 cm³/mol. The van der Waals surface area contributed by atoms with Gasteiger partial charge < -0.3 is 10.0 Å². The number of hydrogen-bond donors (Lipinski definition) is 1. The van der Waals surface area contributed by atoms with Crippen molar-refractivity contribution in [2.45, 2.75) is 45.1 Å².